The summed E-state index contributed by atoms with van der Waals surface area (Å²) >= 11 is 0. The van der Waals surface area contributed by atoms with Crippen LogP contribution in [0, 0.1) is 13.8 Å². The molecule has 3 rings (SSSR count). The lowest BCUT2D eigenvalue weighted by Crippen LogP contribution is -2.34. The number of carbonyl (C=O) groups excluding carboxylic acids is 1. The van der Waals surface area contributed by atoms with Gasteiger partial charge in [0.1, 0.15) is 0 Å². The van der Waals surface area contributed by atoms with Crippen LogP contribution in [0.1, 0.15) is 45.7 Å². The number of amides is 1. The molecule has 1 aromatic carbocycles. The van der Waals surface area contributed by atoms with Crippen molar-refractivity contribution in [2.75, 3.05) is 13.1 Å². The highest BCUT2D eigenvalue weighted by molar-refractivity contribution is 5.95. The van der Waals surface area contributed by atoms with E-state index in [0.717, 1.165) is 36.5 Å². The van der Waals surface area contributed by atoms with Crippen LogP contribution in [0.5, 0.6) is 0 Å². The van der Waals surface area contributed by atoms with Crippen LogP contribution in [0.15, 0.2) is 30.3 Å². The van der Waals surface area contributed by atoms with Crippen LogP contribution in [-0.4, -0.2) is 28.9 Å². The number of nitrogens with zero attached hydrogens (tertiary/aromatic N) is 1. The summed E-state index contributed by atoms with van der Waals surface area (Å²) in [4.78, 5) is 18.0. The second-order valence-corrected chi connectivity index (χ2v) is 6.09. The topological polar surface area (TPSA) is 36.1 Å². The number of rotatable bonds is 1. The van der Waals surface area contributed by atoms with Crippen molar-refractivity contribution in [2.45, 2.75) is 33.1 Å². The fourth-order valence-electron chi connectivity index (χ4n) is 3.32. The molecule has 1 amide bonds. The van der Waals surface area contributed by atoms with Crippen LogP contribution in [0.25, 0.3) is 0 Å². The summed E-state index contributed by atoms with van der Waals surface area (Å²) in [6.45, 7) is 7.75. The Morgan fingerprint density at radius 3 is 2.76 bits per heavy atom. The van der Waals surface area contributed by atoms with Crippen LogP contribution in [-0.2, 0) is 6.42 Å². The lowest BCUT2D eigenvalue weighted by atomic mass is 9.95. The zero-order valence-corrected chi connectivity index (χ0v) is 12.9. The molecular weight excluding hydrogens is 260 g/mol. The van der Waals surface area contributed by atoms with Gasteiger partial charge in [-0.1, -0.05) is 31.2 Å². The highest BCUT2D eigenvalue weighted by Crippen LogP contribution is 2.26. The van der Waals surface area contributed by atoms with Gasteiger partial charge in [0.2, 0.25) is 0 Å². The highest BCUT2D eigenvalue weighted by atomic mass is 16.2. The third-order valence-electron chi connectivity index (χ3n) is 4.40. The maximum Gasteiger partial charge on any atom is 0.255 e. The number of carbonyl (C=O) groups is 1. The Hall–Kier alpha value is -2.03. The molecule has 1 aliphatic heterocycles. The van der Waals surface area contributed by atoms with Gasteiger partial charge in [0.05, 0.1) is 5.56 Å². The summed E-state index contributed by atoms with van der Waals surface area (Å²) in [5, 5.41) is 0. The number of nitrogens with one attached hydrogen (secondary N) is 1. The molecular formula is C18H22N2O. The standard InChI is InChI=1S/C18H22N2O/c1-12-11-20(9-8-15-6-4-5-7-16(12)15)18(21)17-10-13(2)19-14(17)3/h4-7,10,12,19H,8-9,11H2,1-3H3. The Morgan fingerprint density at radius 2 is 2.05 bits per heavy atom. The van der Waals surface area contributed by atoms with E-state index in [-0.39, 0.29) is 5.91 Å². The van der Waals surface area contributed by atoms with E-state index in [1.165, 1.54) is 11.1 Å². The smallest absolute Gasteiger partial charge is 0.255 e. The van der Waals surface area contributed by atoms with Gasteiger partial charge in [-0.05, 0) is 43.4 Å². The van der Waals surface area contributed by atoms with Gasteiger partial charge in [-0.25, -0.2) is 0 Å². The van der Waals surface area contributed by atoms with Crippen molar-refractivity contribution in [3.63, 3.8) is 0 Å². The number of aromatic nitrogens is 1. The second kappa shape index (κ2) is 5.40. The minimum atomic E-state index is 0.150. The van der Waals surface area contributed by atoms with Gasteiger partial charge in [0.15, 0.2) is 0 Å². The van der Waals surface area contributed by atoms with Gasteiger partial charge in [-0.15, -0.1) is 0 Å². The van der Waals surface area contributed by atoms with Crippen molar-refractivity contribution in [2.24, 2.45) is 0 Å². The molecule has 0 radical (unpaired) electrons. The molecule has 1 unspecified atom stereocenters. The molecule has 2 heterocycles. The first-order chi connectivity index (χ1) is 10.1. The van der Waals surface area contributed by atoms with Gasteiger partial charge in [-0.2, -0.15) is 0 Å². The number of hydrogen-bond acceptors (Lipinski definition) is 1. The monoisotopic (exact) mass is 282 g/mol. The summed E-state index contributed by atoms with van der Waals surface area (Å²) in [7, 11) is 0. The lowest BCUT2D eigenvalue weighted by Gasteiger charge is -2.23. The van der Waals surface area contributed by atoms with E-state index >= 15 is 0 Å². The van der Waals surface area contributed by atoms with Crippen LogP contribution in [0.2, 0.25) is 0 Å². The number of hydrogen-bond donors (Lipinski definition) is 1. The summed E-state index contributed by atoms with van der Waals surface area (Å²) in [6, 6.07) is 10.5. The van der Waals surface area contributed by atoms with E-state index in [0.29, 0.717) is 5.92 Å². The Bertz CT molecular complexity index is 672. The molecule has 110 valence electrons. The second-order valence-electron chi connectivity index (χ2n) is 6.09. The molecule has 1 aromatic heterocycles. The van der Waals surface area contributed by atoms with Crippen molar-refractivity contribution in [1.82, 2.24) is 9.88 Å². The maximum atomic E-state index is 12.8. The predicted octanol–water partition coefficient (Wildman–Crippen LogP) is 3.43. The molecule has 0 saturated carbocycles. The van der Waals surface area contributed by atoms with Crippen molar-refractivity contribution in [1.29, 1.82) is 0 Å². The quantitative estimate of drug-likeness (QED) is 0.854. The van der Waals surface area contributed by atoms with Crippen molar-refractivity contribution in [3.8, 4) is 0 Å². The zero-order chi connectivity index (χ0) is 15.0. The highest BCUT2D eigenvalue weighted by Gasteiger charge is 2.25. The van der Waals surface area contributed by atoms with E-state index < -0.39 is 0 Å². The van der Waals surface area contributed by atoms with E-state index in [2.05, 4.69) is 36.2 Å². The average molecular weight is 282 g/mol. The summed E-state index contributed by atoms with van der Waals surface area (Å²) in [5.74, 6) is 0.532. The number of benzene rings is 1. The normalized spacial score (nSPS) is 18.2. The predicted molar refractivity (Wildman–Crippen MR) is 84.7 cm³/mol. The van der Waals surface area contributed by atoms with Gasteiger partial charge in [0.25, 0.3) is 5.91 Å². The fourth-order valence-corrected chi connectivity index (χ4v) is 3.32. The number of H-pyrrole nitrogens is 1. The van der Waals surface area contributed by atoms with E-state index in [9.17, 15) is 4.79 Å². The Balaban J connectivity index is 1.86. The number of fused-ring (bicyclic) bond motifs is 1. The van der Waals surface area contributed by atoms with E-state index in [1.54, 1.807) is 0 Å². The molecule has 1 N–H and O–H groups in total. The number of aromatic amines is 1. The summed E-state index contributed by atoms with van der Waals surface area (Å²) < 4.78 is 0. The minimum Gasteiger partial charge on any atom is -0.362 e. The molecule has 0 bridgehead atoms. The van der Waals surface area contributed by atoms with Crippen molar-refractivity contribution < 1.29 is 4.79 Å². The zero-order valence-electron chi connectivity index (χ0n) is 12.9. The summed E-state index contributed by atoms with van der Waals surface area (Å²) in [5.41, 5.74) is 5.58. The summed E-state index contributed by atoms with van der Waals surface area (Å²) in [6.07, 6.45) is 0.939. The Morgan fingerprint density at radius 1 is 1.29 bits per heavy atom. The van der Waals surface area contributed by atoms with E-state index in [4.69, 9.17) is 0 Å². The molecule has 1 atom stereocenters. The lowest BCUT2D eigenvalue weighted by molar-refractivity contribution is 0.0753. The fraction of sp³-hybridized carbons (Fsp3) is 0.389. The van der Waals surface area contributed by atoms with Gasteiger partial charge >= 0.3 is 0 Å². The minimum absolute atomic E-state index is 0.150. The molecule has 0 aliphatic carbocycles. The molecule has 0 saturated heterocycles. The van der Waals surface area contributed by atoms with E-state index in [1.807, 2.05) is 24.8 Å². The SMILES string of the molecule is Cc1cc(C(=O)N2CCc3ccccc3C(C)C2)c(C)[nH]1. The maximum absolute atomic E-state index is 12.8. The molecule has 2 aromatic rings. The van der Waals surface area contributed by atoms with Gasteiger partial charge in [0, 0.05) is 24.5 Å². The van der Waals surface area contributed by atoms with Gasteiger partial charge < -0.3 is 9.88 Å². The largest absolute Gasteiger partial charge is 0.362 e. The number of aryl methyl sites for hydroxylation is 2. The molecule has 1 aliphatic rings. The Labute approximate surface area is 126 Å². The average Bonchev–Trinajstić information content (AvgIpc) is 2.71. The van der Waals surface area contributed by atoms with Crippen molar-refractivity contribution in [3.05, 3.63) is 58.4 Å². The third-order valence-corrected chi connectivity index (χ3v) is 4.40. The van der Waals surface area contributed by atoms with Crippen LogP contribution < -0.4 is 0 Å². The Kier molecular flexibility index (Phi) is 3.58. The first-order valence-corrected chi connectivity index (χ1v) is 7.59. The van der Waals surface area contributed by atoms with Crippen LogP contribution >= 0.6 is 0 Å². The van der Waals surface area contributed by atoms with Crippen LogP contribution in [0.4, 0.5) is 0 Å². The molecule has 3 heteroatoms. The third kappa shape index (κ3) is 2.60. The molecule has 3 nitrogen and oxygen atoms in total. The molecule has 0 fully saturated rings. The molecule has 21 heavy (non-hydrogen) atoms. The van der Waals surface area contributed by atoms with Gasteiger partial charge in [-0.3, -0.25) is 4.79 Å². The van der Waals surface area contributed by atoms with Crippen LogP contribution in [0.3, 0.4) is 0 Å². The first-order valence-electron chi connectivity index (χ1n) is 7.59. The van der Waals surface area contributed by atoms with Crippen molar-refractivity contribution >= 4 is 5.91 Å². The first kappa shape index (κ1) is 13.9. The molecule has 0 spiro atoms.